The molecule has 0 saturated carbocycles. The Balaban J connectivity index is 2.01. The van der Waals surface area contributed by atoms with E-state index in [0.717, 1.165) is 5.69 Å². The lowest BCUT2D eigenvalue weighted by Gasteiger charge is -2.03. The number of nitrogens with zero attached hydrogens (tertiary/aromatic N) is 4. The fourth-order valence-electron chi connectivity index (χ4n) is 1.54. The number of carbonyl (C=O) groups is 1. The van der Waals surface area contributed by atoms with Gasteiger partial charge in [-0.25, -0.2) is 0 Å². The zero-order valence-electron chi connectivity index (χ0n) is 10.9. The van der Waals surface area contributed by atoms with Crippen LogP contribution in [0.15, 0.2) is 18.6 Å². The number of anilines is 1. The summed E-state index contributed by atoms with van der Waals surface area (Å²) in [4.78, 5) is 20.2. The van der Waals surface area contributed by atoms with Crippen LogP contribution in [-0.2, 0) is 13.1 Å². The Bertz CT molecular complexity index is 574. The quantitative estimate of drug-likeness (QED) is 0.834. The highest BCUT2D eigenvalue weighted by Gasteiger charge is 2.14. The van der Waals surface area contributed by atoms with Gasteiger partial charge in [0.2, 0.25) is 0 Å². The summed E-state index contributed by atoms with van der Waals surface area (Å²) in [6.07, 6.45) is 4.92. The molecule has 0 aliphatic rings. The lowest BCUT2D eigenvalue weighted by Crippen LogP contribution is -2.24. The maximum atomic E-state index is 11.9. The fourth-order valence-corrected chi connectivity index (χ4v) is 1.54. The molecule has 0 bridgehead atoms. The van der Waals surface area contributed by atoms with Crippen molar-refractivity contribution in [1.29, 1.82) is 0 Å². The van der Waals surface area contributed by atoms with E-state index in [-0.39, 0.29) is 11.6 Å². The molecule has 0 unspecified atom stereocenters. The summed E-state index contributed by atoms with van der Waals surface area (Å²) >= 11 is 0. The Morgan fingerprint density at radius 1 is 1.42 bits per heavy atom. The van der Waals surface area contributed by atoms with E-state index in [1.54, 1.807) is 23.3 Å². The van der Waals surface area contributed by atoms with Gasteiger partial charge in [0, 0.05) is 18.9 Å². The van der Waals surface area contributed by atoms with Crippen LogP contribution in [0.25, 0.3) is 0 Å². The van der Waals surface area contributed by atoms with Gasteiger partial charge in [0.05, 0.1) is 29.8 Å². The van der Waals surface area contributed by atoms with Crippen LogP contribution < -0.4 is 11.1 Å². The third kappa shape index (κ3) is 3.06. The largest absolute Gasteiger partial charge is 0.396 e. The molecule has 0 radical (unpaired) electrons. The van der Waals surface area contributed by atoms with Gasteiger partial charge in [-0.15, -0.1) is 0 Å². The molecule has 3 N–H and O–H groups in total. The van der Waals surface area contributed by atoms with Crippen LogP contribution in [0.5, 0.6) is 0 Å². The number of carbonyl (C=O) groups excluding carboxylic acids is 1. The van der Waals surface area contributed by atoms with E-state index in [4.69, 9.17) is 5.73 Å². The standard InChI is InChI=1S/C12H16N6O/c1-3-18-7-10(13)11(17-18)12(19)16-6-9-5-14-8(2)4-15-9/h4-5,7H,3,6,13H2,1-2H3,(H,16,19). The van der Waals surface area contributed by atoms with Crippen LogP contribution >= 0.6 is 0 Å². The molecule has 0 spiro atoms. The number of nitrogens with two attached hydrogens (primary N) is 1. The lowest BCUT2D eigenvalue weighted by atomic mass is 10.3. The number of nitrogen functional groups attached to an aromatic ring is 1. The van der Waals surface area contributed by atoms with Crippen LogP contribution in [-0.4, -0.2) is 25.7 Å². The molecule has 1 amide bonds. The molecule has 2 heterocycles. The first-order valence-corrected chi connectivity index (χ1v) is 5.98. The summed E-state index contributed by atoms with van der Waals surface area (Å²) in [6.45, 7) is 4.74. The summed E-state index contributed by atoms with van der Waals surface area (Å²) in [5, 5.41) is 6.81. The van der Waals surface area contributed by atoms with Crippen molar-refractivity contribution in [2.75, 3.05) is 5.73 Å². The molecule has 0 fully saturated rings. The van der Waals surface area contributed by atoms with Crippen LogP contribution in [0.2, 0.25) is 0 Å². The minimum absolute atomic E-state index is 0.238. The lowest BCUT2D eigenvalue weighted by molar-refractivity contribution is 0.0945. The van der Waals surface area contributed by atoms with Gasteiger partial charge < -0.3 is 11.1 Å². The van der Waals surface area contributed by atoms with Crippen molar-refractivity contribution in [1.82, 2.24) is 25.1 Å². The van der Waals surface area contributed by atoms with Crippen LogP contribution in [0, 0.1) is 6.92 Å². The zero-order chi connectivity index (χ0) is 13.8. The zero-order valence-corrected chi connectivity index (χ0v) is 10.9. The molecule has 0 aliphatic heterocycles. The van der Waals surface area contributed by atoms with E-state index in [1.807, 2.05) is 13.8 Å². The molecule has 19 heavy (non-hydrogen) atoms. The minimum Gasteiger partial charge on any atom is -0.396 e. The number of hydrogen-bond acceptors (Lipinski definition) is 5. The van der Waals surface area contributed by atoms with Crippen molar-refractivity contribution in [2.45, 2.75) is 26.9 Å². The highest BCUT2D eigenvalue weighted by atomic mass is 16.2. The van der Waals surface area contributed by atoms with E-state index in [1.165, 1.54) is 0 Å². The monoisotopic (exact) mass is 260 g/mol. The second-order valence-corrected chi connectivity index (χ2v) is 4.12. The van der Waals surface area contributed by atoms with Crippen LogP contribution in [0.3, 0.4) is 0 Å². The first-order chi connectivity index (χ1) is 9.10. The van der Waals surface area contributed by atoms with Gasteiger partial charge in [-0.1, -0.05) is 0 Å². The Morgan fingerprint density at radius 3 is 2.79 bits per heavy atom. The van der Waals surface area contributed by atoms with E-state index >= 15 is 0 Å². The van der Waals surface area contributed by atoms with Crippen molar-refractivity contribution >= 4 is 11.6 Å². The van der Waals surface area contributed by atoms with Gasteiger partial charge in [-0.2, -0.15) is 5.10 Å². The Kier molecular flexibility index (Phi) is 3.74. The number of aromatic nitrogens is 4. The van der Waals surface area contributed by atoms with E-state index in [0.29, 0.717) is 24.5 Å². The topological polar surface area (TPSA) is 98.7 Å². The van der Waals surface area contributed by atoms with Crippen molar-refractivity contribution in [3.05, 3.63) is 35.7 Å². The molecular weight excluding hydrogens is 244 g/mol. The summed E-state index contributed by atoms with van der Waals surface area (Å²) in [5.41, 5.74) is 7.86. The second-order valence-electron chi connectivity index (χ2n) is 4.12. The number of amides is 1. The Labute approximate surface area is 110 Å². The fraction of sp³-hybridized carbons (Fsp3) is 0.333. The van der Waals surface area contributed by atoms with E-state index in [2.05, 4.69) is 20.4 Å². The third-order valence-corrected chi connectivity index (χ3v) is 2.59. The summed E-state index contributed by atoms with van der Waals surface area (Å²) in [5.74, 6) is -0.313. The molecular formula is C12H16N6O. The van der Waals surface area contributed by atoms with Gasteiger partial charge in [0.15, 0.2) is 5.69 Å². The average molecular weight is 260 g/mol. The van der Waals surface area contributed by atoms with E-state index in [9.17, 15) is 4.79 Å². The SMILES string of the molecule is CCn1cc(N)c(C(=O)NCc2cnc(C)cn2)n1. The van der Waals surface area contributed by atoms with Crippen molar-refractivity contribution in [3.8, 4) is 0 Å². The summed E-state index contributed by atoms with van der Waals surface area (Å²) < 4.78 is 1.62. The highest BCUT2D eigenvalue weighted by molar-refractivity contribution is 5.96. The van der Waals surface area contributed by atoms with Gasteiger partial charge in [0.25, 0.3) is 5.91 Å². The highest BCUT2D eigenvalue weighted by Crippen LogP contribution is 2.08. The molecule has 2 rings (SSSR count). The molecule has 7 nitrogen and oxygen atoms in total. The van der Waals surface area contributed by atoms with Crippen molar-refractivity contribution in [3.63, 3.8) is 0 Å². The molecule has 0 aliphatic carbocycles. The number of aryl methyl sites for hydroxylation is 2. The molecule has 2 aromatic heterocycles. The Morgan fingerprint density at radius 2 is 2.21 bits per heavy atom. The number of rotatable bonds is 4. The smallest absolute Gasteiger partial charge is 0.274 e. The van der Waals surface area contributed by atoms with Crippen LogP contribution in [0.4, 0.5) is 5.69 Å². The molecule has 0 atom stereocenters. The normalized spacial score (nSPS) is 10.4. The molecule has 2 aromatic rings. The van der Waals surface area contributed by atoms with Gasteiger partial charge in [-0.05, 0) is 13.8 Å². The molecule has 100 valence electrons. The van der Waals surface area contributed by atoms with Gasteiger partial charge in [0.1, 0.15) is 0 Å². The predicted molar refractivity (Wildman–Crippen MR) is 70.3 cm³/mol. The number of hydrogen-bond donors (Lipinski definition) is 2. The van der Waals surface area contributed by atoms with E-state index < -0.39 is 0 Å². The third-order valence-electron chi connectivity index (χ3n) is 2.59. The van der Waals surface area contributed by atoms with Crippen molar-refractivity contribution < 1.29 is 4.79 Å². The van der Waals surface area contributed by atoms with Crippen molar-refractivity contribution in [2.24, 2.45) is 0 Å². The Hall–Kier alpha value is -2.44. The second kappa shape index (κ2) is 5.47. The average Bonchev–Trinajstić information content (AvgIpc) is 2.79. The molecule has 7 heteroatoms. The first-order valence-electron chi connectivity index (χ1n) is 5.98. The van der Waals surface area contributed by atoms with Gasteiger partial charge >= 0.3 is 0 Å². The summed E-state index contributed by atoms with van der Waals surface area (Å²) in [7, 11) is 0. The first kappa shape index (κ1) is 13.0. The maximum Gasteiger partial charge on any atom is 0.274 e. The minimum atomic E-state index is -0.313. The van der Waals surface area contributed by atoms with Crippen LogP contribution in [0.1, 0.15) is 28.8 Å². The molecule has 0 aromatic carbocycles. The number of nitrogens with one attached hydrogen (secondary N) is 1. The molecule has 0 saturated heterocycles. The summed E-state index contributed by atoms with van der Waals surface area (Å²) in [6, 6.07) is 0. The predicted octanol–water partition coefficient (Wildman–Crippen LogP) is 0.514. The maximum absolute atomic E-state index is 11.9. The van der Waals surface area contributed by atoms with Gasteiger partial charge in [-0.3, -0.25) is 19.4 Å².